The van der Waals surface area contributed by atoms with Crippen LogP contribution in [0.15, 0.2) is 133 Å². The van der Waals surface area contributed by atoms with Gasteiger partial charge in [0.2, 0.25) is 0 Å². The van der Waals surface area contributed by atoms with E-state index in [1.807, 2.05) is 0 Å². The van der Waals surface area contributed by atoms with Crippen LogP contribution in [0.4, 0.5) is 0 Å². The van der Waals surface area contributed by atoms with E-state index in [0.29, 0.717) is 0 Å². The van der Waals surface area contributed by atoms with Crippen molar-refractivity contribution in [1.29, 1.82) is 0 Å². The minimum atomic E-state index is -0.826. The van der Waals surface area contributed by atoms with E-state index in [1.54, 1.807) is 0 Å². The van der Waals surface area contributed by atoms with Crippen LogP contribution in [0.5, 0.6) is 0 Å². The molecule has 0 aliphatic heterocycles. The molecule has 0 bridgehead atoms. The SMILES string of the molecule is C[Si]C.Cc1cc(-c2ccc3ccccc3c2)c2cc(CC3CCCCC3)[cH-]c2c1.Cc1cc(-c2ccc3ccccc3c2)c2cc(CC3CCCCC3)[cH-]c2c1.[Cl][Zr+2][Cl]. The number of hydrogen-bond acceptors (Lipinski definition) is 0. The summed E-state index contributed by atoms with van der Waals surface area (Å²) in [5.41, 5.74) is 11.2. The van der Waals surface area contributed by atoms with E-state index in [2.05, 4.69) is 160 Å². The van der Waals surface area contributed by atoms with Crippen molar-refractivity contribution < 1.29 is 20.8 Å². The Bertz CT molecular complexity index is 2420. The summed E-state index contributed by atoms with van der Waals surface area (Å²) in [6.07, 6.45) is 16.7. The second kappa shape index (κ2) is 22.2. The quantitative estimate of drug-likeness (QED) is 0.115. The van der Waals surface area contributed by atoms with Crippen molar-refractivity contribution in [2.75, 3.05) is 0 Å². The van der Waals surface area contributed by atoms with Gasteiger partial charge in [0.05, 0.1) is 0 Å². The van der Waals surface area contributed by atoms with E-state index in [4.69, 9.17) is 17.0 Å². The molecule has 2 aliphatic rings. The topological polar surface area (TPSA) is 0 Å². The number of halogens is 2. The first kappa shape index (κ1) is 44.8. The first-order valence-corrected chi connectivity index (χ1v) is 30.6. The maximum atomic E-state index is 4.93. The van der Waals surface area contributed by atoms with E-state index >= 15 is 0 Å². The molecule has 4 heteroatoms. The van der Waals surface area contributed by atoms with Crippen LogP contribution < -0.4 is 0 Å². The molecular formula is C56H60Cl2SiZr. The van der Waals surface area contributed by atoms with Crippen LogP contribution >= 0.6 is 17.0 Å². The minimum absolute atomic E-state index is 0.826. The predicted molar refractivity (Wildman–Crippen MR) is 264 cm³/mol. The van der Waals surface area contributed by atoms with Crippen LogP contribution in [0.3, 0.4) is 0 Å². The Hall–Kier alpha value is -3.26. The summed E-state index contributed by atoms with van der Waals surface area (Å²) in [6.45, 7) is 8.75. The third kappa shape index (κ3) is 11.6. The molecule has 0 N–H and O–H groups in total. The van der Waals surface area contributed by atoms with Gasteiger partial charge < -0.3 is 0 Å². The molecule has 8 aromatic rings. The summed E-state index contributed by atoms with van der Waals surface area (Å²) in [6, 6.07) is 50.3. The average molecular weight is 923 g/mol. The van der Waals surface area contributed by atoms with Crippen LogP contribution in [0.1, 0.15) is 86.5 Å². The Balaban J connectivity index is 0.000000161. The predicted octanol–water partition coefficient (Wildman–Crippen LogP) is 17.8. The van der Waals surface area contributed by atoms with Crippen LogP contribution in [0, 0.1) is 25.7 Å². The molecule has 2 radical (unpaired) electrons. The summed E-state index contributed by atoms with van der Waals surface area (Å²) in [5.74, 6) is 1.78. The standard InChI is InChI=1S/2C27H27.C2H6Si.2ClH.Zr/c2*1-19-13-25-16-21(15-20-7-3-2-4-8-20)17-27(25)26(14-19)24-12-11-22-9-5-6-10-23(22)18-24;1-3-2;;;/h2*5-6,9-14,16-18,20H,2-4,7-8,15H2,1H3;1-2H3;2*1H;/q2*-1;;;;+4/p-2. The summed E-state index contributed by atoms with van der Waals surface area (Å²) in [7, 11) is 11.0. The molecule has 0 nitrogen and oxygen atoms in total. The van der Waals surface area contributed by atoms with Gasteiger partial charge >= 0.3 is 37.9 Å². The fourth-order valence-electron chi connectivity index (χ4n) is 9.94. The average Bonchev–Trinajstić information content (AvgIpc) is 3.87. The van der Waals surface area contributed by atoms with Gasteiger partial charge in [0.1, 0.15) is 0 Å². The Morgan fingerprint density at radius 2 is 0.867 bits per heavy atom. The van der Waals surface area contributed by atoms with E-state index in [0.717, 1.165) is 21.4 Å². The van der Waals surface area contributed by atoms with E-state index < -0.39 is 20.8 Å². The van der Waals surface area contributed by atoms with Gasteiger partial charge in [0.15, 0.2) is 0 Å². The van der Waals surface area contributed by atoms with Gasteiger partial charge in [-0.3, -0.25) is 0 Å². The Morgan fingerprint density at radius 3 is 1.25 bits per heavy atom. The number of benzene rings is 6. The van der Waals surface area contributed by atoms with Crippen molar-refractivity contribution in [3.05, 3.63) is 156 Å². The molecule has 0 heterocycles. The fourth-order valence-corrected chi connectivity index (χ4v) is 9.94. The van der Waals surface area contributed by atoms with Crippen molar-refractivity contribution in [3.8, 4) is 22.3 Å². The van der Waals surface area contributed by atoms with Gasteiger partial charge in [-0.1, -0.05) is 184 Å². The zero-order valence-corrected chi connectivity index (χ0v) is 41.1. The summed E-state index contributed by atoms with van der Waals surface area (Å²) < 4.78 is 0. The first-order valence-electron chi connectivity index (χ1n) is 22.3. The van der Waals surface area contributed by atoms with E-state index in [-0.39, 0.29) is 0 Å². The molecule has 0 spiro atoms. The number of rotatable bonds is 6. The zero-order chi connectivity index (χ0) is 41.8. The van der Waals surface area contributed by atoms with Crippen LogP contribution in [0.25, 0.3) is 65.3 Å². The molecule has 306 valence electrons. The van der Waals surface area contributed by atoms with Gasteiger partial charge in [-0.2, -0.15) is 12.1 Å². The summed E-state index contributed by atoms with van der Waals surface area (Å²) >= 11 is -0.826. The Kier molecular flexibility index (Phi) is 16.6. The zero-order valence-electron chi connectivity index (χ0n) is 36.1. The second-order valence-corrected chi connectivity index (χ2v) is 22.2. The van der Waals surface area contributed by atoms with Crippen molar-refractivity contribution in [2.45, 2.75) is 104 Å². The molecule has 8 aromatic carbocycles. The van der Waals surface area contributed by atoms with Crippen LogP contribution in [-0.2, 0) is 33.7 Å². The van der Waals surface area contributed by atoms with E-state index in [1.165, 1.54) is 165 Å². The molecular weight excluding hydrogens is 863 g/mol. The molecule has 2 aliphatic carbocycles. The molecule has 10 rings (SSSR count). The van der Waals surface area contributed by atoms with Crippen molar-refractivity contribution in [3.63, 3.8) is 0 Å². The molecule has 2 saturated carbocycles. The van der Waals surface area contributed by atoms with Gasteiger partial charge in [0.25, 0.3) is 0 Å². The van der Waals surface area contributed by atoms with Crippen LogP contribution in [-0.4, -0.2) is 9.52 Å². The Labute approximate surface area is 381 Å². The van der Waals surface area contributed by atoms with Crippen LogP contribution in [0.2, 0.25) is 13.1 Å². The number of hydrogen-bond donors (Lipinski definition) is 0. The normalized spacial score (nSPS) is 14.5. The van der Waals surface area contributed by atoms with Gasteiger partial charge in [-0.15, -0.1) is 56.9 Å². The molecule has 0 amide bonds. The molecule has 0 unspecified atom stereocenters. The monoisotopic (exact) mass is 920 g/mol. The van der Waals surface area contributed by atoms with E-state index in [9.17, 15) is 0 Å². The first-order chi connectivity index (χ1) is 29.3. The fraction of sp³-hybridized carbons (Fsp3) is 0.321. The molecule has 60 heavy (non-hydrogen) atoms. The van der Waals surface area contributed by atoms with Crippen molar-refractivity contribution in [2.24, 2.45) is 11.8 Å². The van der Waals surface area contributed by atoms with Gasteiger partial charge in [0, 0.05) is 9.52 Å². The molecule has 0 atom stereocenters. The second-order valence-electron chi connectivity index (χ2n) is 17.5. The van der Waals surface area contributed by atoms with Gasteiger partial charge in [-0.05, 0) is 83.3 Å². The van der Waals surface area contributed by atoms with Crippen molar-refractivity contribution >= 4 is 69.6 Å². The molecule has 2 fully saturated rings. The Morgan fingerprint density at radius 1 is 0.500 bits per heavy atom. The number of aryl methyl sites for hydroxylation is 2. The van der Waals surface area contributed by atoms with Crippen molar-refractivity contribution in [1.82, 2.24) is 0 Å². The van der Waals surface area contributed by atoms with Gasteiger partial charge in [-0.25, -0.2) is 0 Å². The third-order valence-electron chi connectivity index (χ3n) is 12.7. The third-order valence-corrected chi connectivity index (χ3v) is 12.7. The number of fused-ring (bicyclic) bond motifs is 4. The molecule has 0 saturated heterocycles. The summed E-state index contributed by atoms with van der Waals surface area (Å²) in [4.78, 5) is 0. The molecule has 0 aromatic heterocycles. The summed E-state index contributed by atoms with van der Waals surface area (Å²) in [5, 5.41) is 10.9. The maximum absolute atomic E-state index is 4.93.